The number of piperazine rings is 1. The molecule has 0 radical (unpaired) electrons. The van der Waals surface area contributed by atoms with Crippen molar-refractivity contribution >= 4 is 38.7 Å². The molecule has 2 aromatic rings. The van der Waals surface area contributed by atoms with Crippen LogP contribution in [0.5, 0.6) is 0 Å². The zero-order valence-corrected chi connectivity index (χ0v) is 24.9. The average molecular weight is 580 g/mol. The Morgan fingerprint density at radius 2 is 1.89 bits per heavy atom. The average Bonchev–Trinajstić information content (AvgIpc) is 3.25. The number of aliphatic hydroxyl groups is 1. The Morgan fingerprint density at radius 1 is 1.24 bits per heavy atom. The number of hydrogen-bond donors (Lipinski definition) is 1. The highest BCUT2D eigenvalue weighted by Gasteiger charge is 2.54. The van der Waals surface area contributed by atoms with E-state index in [1.165, 1.54) is 23.5 Å². The summed E-state index contributed by atoms with van der Waals surface area (Å²) in [7, 11) is -1.47. The van der Waals surface area contributed by atoms with E-state index in [-0.39, 0.29) is 45.6 Å². The Hall–Kier alpha value is -1.52. The van der Waals surface area contributed by atoms with Gasteiger partial charge in [-0.05, 0) is 67.8 Å². The molecule has 7 nitrogen and oxygen atoms in total. The van der Waals surface area contributed by atoms with Crippen molar-refractivity contribution < 1.29 is 18.3 Å². The fourth-order valence-electron chi connectivity index (χ4n) is 7.04. The predicted molar refractivity (Wildman–Crippen MR) is 150 cm³/mol. The van der Waals surface area contributed by atoms with Gasteiger partial charge in [0.1, 0.15) is 10.8 Å². The molecule has 1 amide bonds. The highest BCUT2D eigenvalue weighted by molar-refractivity contribution is 7.90. The molecule has 38 heavy (non-hydrogen) atoms. The second-order valence-corrected chi connectivity index (χ2v) is 15.5. The third-order valence-electron chi connectivity index (χ3n) is 9.30. The molecule has 1 aliphatic heterocycles. The van der Waals surface area contributed by atoms with E-state index in [2.05, 4.69) is 25.8 Å². The number of hydrogen-bond acceptors (Lipinski definition) is 7. The number of rotatable bonds is 5. The van der Waals surface area contributed by atoms with Crippen molar-refractivity contribution in [3.8, 4) is 0 Å². The maximum absolute atomic E-state index is 13.4. The molecule has 1 saturated heterocycles. The van der Waals surface area contributed by atoms with E-state index in [9.17, 15) is 18.3 Å². The standard InChI is InChI=1S/C28H38ClN3O4S2/c1-17(27(34)32-13-11-31(4)12-14-32)21-9-10-28(3)15-22-25(18(2)24(28)26(21)33)30-23(37-22)16-38(35,36)20-7-5-19(29)6-8-20/h5-8,17-18,21,24,26,33H,9-16H2,1-4H3. The van der Waals surface area contributed by atoms with Gasteiger partial charge in [-0.2, -0.15) is 0 Å². The quantitative estimate of drug-likeness (QED) is 0.570. The summed E-state index contributed by atoms with van der Waals surface area (Å²) in [5.41, 5.74) is 0.800. The van der Waals surface area contributed by atoms with Crippen LogP contribution in [0.4, 0.5) is 0 Å². The Morgan fingerprint density at radius 3 is 2.55 bits per heavy atom. The molecule has 1 aromatic heterocycles. The molecule has 1 aromatic carbocycles. The largest absolute Gasteiger partial charge is 0.392 e. The summed E-state index contributed by atoms with van der Waals surface area (Å²) < 4.78 is 26.1. The number of carbonyl (C=O) groups excluding carboxylic acids is 1. The van der Waals surface area contributed by atoms with Crippen LogP contribution in [0.25, 0.3) is 0 Å². The van der Waals surface area contributed by atoms with E-state index in [4.69, 9.17) is 16.6 Å². The van der Waals surface area contributed by atoms with Gasteiger partial charge in [0.25, 0.3) is 0 Å². The number of nitrogens with zero attached hydrogens (tertiary/aromatic N) is 3. The van der Waals surface area contributed by atoms with Crippen LogP contribution >= 0.6 is 22.9 Å². The van der Waals surface area contributed by atoms with E-state index in [1.807, 2.05) is 11.8 Å². The third-order valence-corrected chi connectivity index (χ3v) is 12.4. The summed E-state index contributed by atoms with van der Waals surface area (Å²) in [4.78, 5) is 23.7. The first-order valence-electron chi connectivity index (χ1n) is 13.5. The lowest BCUT2D eigenvalue weighted by molar-refractivity contribution is -0.146. The summed E-state index contributed by atoms with van der Waals surface area (Å²) in [6, 6.07) is 6.24. The van der Waals surface area contributed by atoms with E-state index < -0.39 is 15.9 Å². The minimum Gasteiger partial charge on any atom is -0.392 e. The van der Waals surface area contributed by atoms with Crippen molar-refractivity contribution in [2.24, 2.45) is 23.2 Å². The van der Waals surface area contributed by atoms with Gasteiger partial charge in [-0.1, -0.05) is 32.4 Å². The Labute approximate surface area is 235 Å². The van der Waals surface area contributed by atoms with Crippen LogP contribution in [0, 0.1) is 23.2 Å². The van der Waals surface area contributed by atoms with Gasteiger partial charge in [0, 0.05) is 47.9 Å². The van der Waals surface area contributed by atoms with Gasteiger partial charge in [0.2, 0.25) is 5.91 Å². The number of benzene rings is 1. The first-order valence-corrected chi connectivity index (χ1v) is 16.4. The van der Waals surface area contributed by atoms with E-state index >= 15 is 0 Å². The molecule has 3 aliphatic rings. The van der Waals surface area contributed by atoms with Gasteiger partial charge in [0.05, 0.1) is 16.7 Å². The van der Waals surface area contributed by atoms with Gasteiger partial charge in [-0.25, -0.2) is 13.4 Å². The molecule has 1 N–H and O–H groups in total. The topological polar surface area (TPSA) is 90.8 Å². The first kappa shape index (κ1) is 28.0. The van der Waals surface area contributed by atoms with Gasteiger partial charge < -0.3 is 14.9 Å². The van der Waals surface area contributed by atoms with Gasteiger partial charge >= 0.3 is 0 Å². The highest BCUT2D eigenvalue weighted by atomic mass is 35.5. The lowest BCUT2D eigenvalue weighted by Gasteiger charge is -2.53. The molecule has 6 unspecified atom stereocenters. The molecule has 0 spiro atoms. The number of fused-ring (bicyclic) bond motifs is 2. The number of likely N-dealkylation sites (N-methyl/N-ethyl adjacent to an activating group) is 1. The molecule has 2 fully saturated rings. The fourth-order valence-corrected chi connectivity index (χ4v) is 10.1. The highest BCUT2D eigenvalue weighted by Crippen LogP contribution is 2.57. The maximum Gasteiger partial charge on any atom is 0.225 e. The van der Waals surface area contributed by atoms with Crippen LogP contribution < -0.4 is 0 Å². The predicted octanol–water partition coefficient (Wildman–Crippen LogP) is 4.23. The minimum absolute atomic E-state index is 0.0178. The number of aliphatic hydroxyl groups excluding tert-OH is 1. The molecule has 2 heterocycles. The van der Waals surface area contributed by atoms with Crippen molar-refractivity contribution in [1.82, 2.24) is 14.8 Å². The monoisotopic (exact) mass is 579 g/mol. The zero-order chi connectivity index (χ0) is 27.4. The summed E-state index contributed by atoms with van der Waals surface area (Å²) in [6.45, 7) is 9.58. The van der Waals surface area contributed by atoms with Crippen LogP contribution in [-0.4, -0.2) is 73.5 Å². The maximum atomic E-state index is 13.4. The van der Waals surface area contributed by atoms with E-state index in [0.717, 1.165) is 56.0 Å². The second-order valence-electron chi connectivity index (χ2n) is 11.9. The van der Waals surface area contributed by atoms with Crippen molar-refractivity contribution in [1.29, 1.82) is 0 Å². The molecular formula is C28H38ClN3O4S2. The Kier molecular flexibility index (Phi) is 7.72. The summed E-state index contributed by atoms with van der Waals surface area (Å²) in [5.74, 6) is -0.370. The molecule has 6 atom stereocenters. The molecule has 2 aliphatic carbocycles. The van der Waals surface area contributed by atoms with Crippen molar-refractivity contribution in [2.45, 2.75) is 62.7 Å². The van der Waals surface area contributed by atoms with Gasteiger partial charge in [-0.3, -0.25) is 4.79 Å². The third kappa shape index (κ3) is 5.17. The summed E-state index contributed by atoms with van der Waals surface area (Å²) >= 11 is 7.42. The molecule has 208 valence electrons. The lowest BCUT2D eigenvalue weighted by Crippen LogP contribution is -2.55. The van der Waals surface area contributed by atoms with Gasteiger partial charge in [-0.15, -0.1) is 11.3 Å². The number of carbonyl (C=O) groups is 1. The molecule has 10 heteroatoms. The molecule has 0 bridgehead atoms. The number of halogens is 1. The molecular weight excluding hydrogens is 542 g/mol. The number of amides is 1. The van der Waals surface area contributed by atoms with Crippen LogP contribution in [0.1, 0.15) is 55.1 Å². The number of aromatic nitrogens is 1. The number of thiazole rings is 1. The zero-order valence-electron chi connectivity index (χ0n) is 22.6. The Bertz CT molecular complexity index is 1290. The van der Waals surface area contributed by atoms with Crippen molar-refractivity contribution in [3.05, 3.63) is 44.9 Å². The fraction of sp³-hybridized carbons (Fsp3) is 0.643. The van der Waals surface area contributed by atoms with Crippen LogP contribution in [0.2, 0.25) is 5.02 Å². The van der Waals surface area contributed by atoms with E-state index in [0.29, 0.717) is 10.0 Å². The second kappa shape index (κ2) is 10.5. The van der Waals surface area contributed by atoms with E-state index in [1.54, 1.807) is 12.1 Å². The summed E-state index contributed by atoms with van der Waals surface area (Å²) in [5, 5.41) is 12.8. The van der Waals surface area contributed by atoms with Crippen LogP contribution in [0.3, 0.4) is 0 Å². The van der Waals surface area contributed by atoms with Crippen molar-refractivity contribution in [3.63, 3.8) is 0 Å². The molecule has 1 saturated carbocycles. The first-order chi connectivity index (χ1) is 17.9. The number of sulfone groups is 1. The molecule has 5 rings (SSSR count). The smallest absolute Gasteiger partial charge is 0.225 e. The lowest BCUT2D eigenvalue weighted by atomic mass is 9.53. The van der Waals surface area contributed by atoms with Crippen molar-refractivity contribution in [2.75, 3.05) is 33.2 Å². The normalized spacial score (nSPS) is 30.9. The minimum atomic E-state index is -3.55. The summed E-state index contributed by atoms with van der Waals surface area (Å²) in [6.07, 6.45) is 1.92. The SMILES string of the molecule is CC(C(=O)N1CCN(C)CC1)C1CCC2(C)Cc3sc(CS(=O)(=O)c4ccc(Cl)cc4)nc3C(C)C2C1O. The van der Waals surface area contributed by atoms with Crippen LogP contribution in [-0.2, 0) is 26.8 Å². The van der Waals surface area contributed by atoms with Crippen LogP contribution in [0.15, 0.2) is 29.2 Å². The van der Waals surface area contributed by atoms with Gasteiger partial charge in [0.15, 0.2) is 9.84 Å². The Balaban J connectivity index is 1.34.